The molecule has 0 radical (unpaired) electrons. The normalized spacial score (nSPS) is 16.2. The number of nitrogens with zero attached hydrogens (tertiary/aromatic N) is 1. The maximum absolute atomic E-state index is 11.6. The van der Waals surface area contributed by atoms with Crippen molar-refractivity contribution in [2.24, 2.45) is 5.41 Å². The van der Waals surface area contributed by atoms with Gasteiger partial charge in [-0.2, -0.15) is 5.26 Å². The lowest BCUT2D eigenvalue weighted by Gasteiger charge is -2.18. The van der Waals surface area contributed by atoms with E-state index in [9.17, 15) is 4.79 Å². The van der Waals surface area contributed by atoms with Gasteiger partial charge in [0, 0.05) is 6.54 Å². The highest BCUT2D eigenvalue weighted by Crippen LogP contribution is 2.19. The Morgan fingerprint density at radius 3 is 2.67 bits per heavy atom. The topological polar surface area (TPSA) is 73.1 Å². The Hall–Kier alpha value is -1.08. The Labute approximate surface area is 91.3 Å². The van der Waals surface area contributed by atoms with Crippen LogP contribution < -0.4 is 5.32 Å². The zero-order valence-corrected chi connectivity index (χ0v) is 9.71. The fourth-order valence-corrected chi connectivity index (χ4v) is 1.08. The first-order valence-corrected chi connectivity index (χ1v) is 5.34. The van der Waals surface area contributed by atoms with Gasteiger partial charge in [-0.05, 0) is 33.1 Å². The van der Waals surface area contributed by atoms with E-state index < -0.39 is 5.41 Å². The summed E-state index contributed by atoms with van der Waals surface area (Å²) in [6.07, 6.45) is 1.56. The van der Waals surface area contributed by atoms with Crippen molar-refractivity contribution in [1.82, 2.24) is 5.32 Å². The third kappa shape index (κ3) is 4.80. The summed E-state index contributed by atoms with van der Waals surface area (Å²) in [6, 6.07) is 2.02. The molecule has 86 valence electrons. The van der Waals surface area contributed by atoms with E-state index in [4.69, 9.17) is 10.4 Å². The van der Waals surface area contributed by atoms with Crippen molar-refractivity contribution >= 4 is 5.91 Å². The van der Waals surface area contributed by atoms with E-state index in [0.29, 0.717) is 19.4 Å². The SMILES string of the molecule is CCC(C)(C#N)C(=O)NCCCC(C)O. The van der Waals surface area contributed by atoms with Crippen LogP contribution in [0.3, 0.4) is 0 Å². The summed E-state index contributed by atoms with van der Waals surface area (Å²) in [5, 5.41) is 20.6. The van der Waals surface area contributed by atoms with Crippen LogP contribution in [0, 0.1) is 16.7 Å². The van der Waals surface area contributed by atoms with Gasteiger partial charge in [0.05, 0.1) is 12.2 Å². The second kappa shape index (κ2) is 6.41. The van der Waals surface area contributed by atoms with Gasteiger partial charge >= 0.3 is 0 Å². The lowest BCUT2D eigenvalue weighted by molar-refractivity contribution is -0.127. The van der Waals surface area contributed by atoms with Crippen LogP contribution in [0.5, 0.6) is 0 Å². The summed E-state index contributed by atoms with van der Waals surface area (Å²) < 4.78 is 0. The fraction of sp³-hybridized carbons (Fsp3) is 0.818. The van der Waals surface area contributed by atoms with Crippen molar-refractivity contribution in [3.8, 4) is 6.07 Å². The molecule has 0 heterocycles. The Morgan fingerprint density at radius 2 is 2.27 bits per heavy atom. The van der Waals surface area contributed by atoms with Crippen LogP contribution >= 0.6 is 0 Å². The van der Waals surface area contributed by atoms with Crippen LogP contribution in [-0.4, -0.2) is 23.7 Å². The van der Waals surface area contributed by atoms with Crippen molar-refractivity contribution in [3.63, 3.8) is 0 Å². The lowest BCUT2D eigenvalue weighted by atomic mass is 9.88. The molecular formula is C11H20N2O2. The molecule has 0 aliphatic rings. The highest BCUT2D eigenvalue weighted by molar-refractivity contribution is 5.84. The summed E-state index contributed by atoms with van der Waals surface area (Å²) in [6.45, 7) is 5.68. The highest BCUT2D eigenvalue weighted by atomic mass is 16.3. The maximum Gasteiger partial charge on any atom is 0.240 e. The van der Waals surface area contributed by atoms with Gasteiger partial charge in [-0.25, -0.2) is 0 Å². The molecular weight excluding hydrogens is 192 g/mol. The van der Waals surface area contributed by atoms with Gasteiger partial charge in [0.25, 0.3) is 0 Å². The summed E-state index contributed by atoms with van der Waals surface area (Å²) in [5.41, 5.74) is -0.926. The van der Waals surface area contributed by atoms with Crippen LogP contribution in [0.25, 0.3) is 0 Å². The van der Waals surface area contributed by atoms with E-state index in [1.807, 2.05) is 13.0 Å². The van der Waals surface area contributed by atoms with Crippen LogP contribution in [-0.2, 0) is 4.79 Å². The molecule has 0 saturated carbocycles. The van der Waals surface area contributed by atoms with Gasteiger partial charge in [0.2, 0.25) is 5.91 Å². The predicted molar refractivity (Wildman–Crippen MR) is 57.9 cm³/mol. The van der Waals surface area contributed by atoms with Crippen molar-refractivity contribution < 1.29 is 9.90 Å². The quantitative estimate of drug-likeness (QED) is 0.650. The minimum absolute atomic E-state index is 0.224. The van der Waals surface area contributed by atoms with Gasteiger partial charge in [0.15, 0.2) is 0 Å². The van der Waals surface area contributed by atoms with Crippen LogP contribution in [0.2, 0.25) is 0 Å². The van der Waals surface area contributed by atoms with Gasteiger partial charge in [-0.3, -0.25) is 4.79 Å². The molecule has 0 aliphatic carbocycles. The number of nitriles is 1. The van der Waals surface area contributed by atoms with Gasteiger partial charge in [0.1, 0.15) is 5.41 Å². The number of nitrogens with one attached hydrogen (secondary N) is 1. The molecule has 0 aromatic rings. The fourth-order valence-electron chi connectivity index (χ4n) is 1.08. The molecule has 0 aromatic heterocycles. The maximum atomic E-state index is 11.6. The number of aliphatic hydroxyl groups is 1. The zero-order valence-electron chi connectivity index (χ0n) is 9.71. The van der Waals surface area contributed by atoms with Gasteiger partial charge < -0.3 is 10.4 Å². The monoisotopic (exact) mass is 212 g/mol. The van der Waals surface area contributed by atoms with Crippen LogP contribution in [0.1, 0.15) is 40.0 Å². The molecule has 15 heavy (non-hydrogen) atoms. The lowest BCUT2D eigenvalue weighted by Crippen LogP contribution is -2.38. The van der Waals surface area contributed by atoms with Crippen molar-refractivity contribution in [3.05, 3.63) is 0 Å². The number of hydrogen-bond acceptors (Lipinski definition) is 3. The van der Waals surface area contributed by atoms with Crippen molar-refractivity contribution in [1.29, 1.82) is 5.26 Å². The number of carbonyl (C=O) groups excluding carboxylic acids is 1. The number of rotatable bonds is 6. The third-order valence-electron chi connectivity index (χ3n) is 2.54. The first kappa shape index (κ1) is 13.9. The van der Waals surface area contributed by atoms with Crippen LogP contribution in [0.15, 0.2) is 0 Å². The Balaban J connectivity index is 3.89. The van der Waals surface area contributed by atoms with Gasteiger partial charge in [-0.15, -0.1) is 0 Å². The van der Waals surface area contributed by atoms with Crippen LogP contribution in [0.4, 0.5) is 0 Å². The number of carbonyl (C=O) groups is 1. The largest absolute Gasteiger partial charge is 0.393 e. The van der Waals surface area contributed by atoms with E-state index in [1.54, 1.807) is 13.8 Å². The second-order valence-electron chi connectivity index (χ2n) is 4.04. The minimum Gasteiger partial charge on any atom is -0.393 e. The van der Waals surface area contributed by atoms with E-state index >= 15 is 0 Å². The molecule has 2 atom stereocenters. The van der Waals surface area contributed by atoms with Crippen molar-refractivity contribution in [2.45, 2.75) is 46.1 Å². The predicted octanol–water partition coefficient (Wildman–Crippen LogP) is 1.20. The molecule has 0 spiro atoms. The number of aliphatic hydroxyl groups excluding tert-OH is 1. The molecule has 4 nitrogen and oxygen atoms in total. The molecule has 0 bridgehead atoms. The molecule has 4 heteroatoms. The molecule has 0 fully saturated rings. The standard InChI is InChI=1S/C11H20N2O2/c1-4-11(3,8-12)10(15)13-7-5-6-9(2)14/h9,14H,4-7H2,1-3H3,(H,13,15). The molecule has 2 N–H and O–H groups in total. The Kier molecular flexibility index (Phi) is 5.95. The van der Waals surface area contributed by atoms with Crippen molar-refractivity contribution in [2.75, 3.05) is 6.54 Å². The second-order valence-corrected chi connectivity index (χ2v) is 4.04. The van der Waals surface area contributed by atoms with E-state index in [2.05, 4.69) is 5.32 Å². The first-order valence-electron chi connectivity index (χ1n) is 5.34. The average molecular weight is 212 g/mol. The highest BCUT2D eigenvalue weighted by Gasteiger charge is 2.30. The average Bonchev–Trinajstić information content (AvgIpc) is 2.22. The number of amides is 1. The summed E-state index contributed by atoms with van der Waals surface area (Å²) >= 11 is 0. The third-order valence-corrected chi connectivity index (χ3v) is 2.54. The Bertz CT molecular complexity index is 245. The van der Waals surface area contributed by atoms with E-state index in [1.165, 1.54) is 0 Å². The van der Waals surface area contributed by atoms with Gasteiger partial charge in [-0.1, -0.05) is 6.92 Å². The van der Waals surface area contributed by atoms with E-state index in [-0.39, 0.29) is 12.0 Å². The molecule has 2 unspecified atom stereocenters. The molecule has 0 saturated heterocycles. The van der Waals surface area contributed by atoms with E-state index in [0.717, 1.165) is 6.42 Å². The molecule has 0 aliphatic heterocycles. The molecule has 1 amide bonds. The molecule has 0 aromatic carbocycles. The first-order chi connectivity index (χ1) is 6.96. The zero-order chi connectivity index (χ0) is 11.9. The molecule has 0 rings (SSSR count). The summed E-state index contributed by atoms with van der Waals surface area (Å²) in [7, 11) is 0. The Morgan fingerprint density at radius 1 is 1.67 bits per heavy atom. The number of hydrogen-bond donors (Lipinski definition) is 2. The summed E-state index contributed by atoms with van der Waals surface area (Å²) in [5.74, 6) is -0.224. The summed E-state index contributed by atoms with van der Waals surface area (Å²) in [4.78, 5) is 11.6. The smallest absolute Gasteiger partial charge is 0.240 e. The minimum atomic E-state index is -0.926.